The van der Waals surface area contributed by atoms with E-state index < -0.39 is 0 Å². The maximum absolute atomic E-state index is 10.9. The summed E-state index contributed by atoms with van der Waals surface area (Å²) in [5.41, 5.74) is 0. The number of hydrogen-bond acceptors (Lipinski definition) is 3. The lowest BCUT2D eigenvalue weighted by atomic mass is 10.1. The lowest BCUT2D eigenvalue weighted by Gasteiger charge is -2.32. The highest BCUT2D eigenvalue weighted by Gasteiger charge is 2.18. The molecule has 4 heteroatoms. The minimum absolute atomic E-state index is 0.0972. The minimum atomic E-state index is 0.0972. The van der Waals surface area contributed by atoms with Gasteiger partial charge in [0.1, 0.15) is 0 Å². The SMILES string of the molecule is CC(=O)NC1CCN(CCNC(C)C)CC1. The third kappa shape index (κ3) is 5.47. The predicted molar refractivity (Wildman–Crippen MR) is 66.4 cm³/mol. The molecule has 0 radical (unpaired) electrons. The van der Waals surface area contributed by atoms with Gasteiger partial charge in [0.15, 0.2) is 0 Å². The standard InChI is InChI=1S/C12H25N3O/c1-10(2)13-6-9-15-7-4-12(5-8-15)14-11(3)16/h10,12-13H,4-9H2,1-3H3,(H,14,16). The first-order valence-electron chi connectivity index (χ1n) is 6.30. The van der Waals surface area contributed by atoms with E-state index in [9.17, 15) is 4.79 Å². The van der Waals surface area contributed by atoms with E-state index in [4.69, 9.17) is 0 Å². The molecule has 0 atom stereocenters. The van der Waals surface area contributed by atoms with Gasteiger partial charge in [-0.1, -0.05) is 13.8 Å². The van der Waals surface area contributed by atoms with Crippen LogP contribution in [0.1, 0.15) is 33.6 Å². The van der Waals surface area contributed by atoms with Crippen molar-refractivity contribution in [3.63, 3.8) is 0 Å². The lowest BCUT2D eigenvalue weighted by Crippen LogP contribution is -2.46. The van der Waals surface area contributed by atoms with Gasteiger partial charge in [-0.2, -0.15) is 0 Å². The topological polar surface area (TPSA) is 44.4 Å². The summed E-state index contributed by atoms with van der Waals surface area (Å²) in [6.07, 6.45) is 2.17. The minimum Gasteiger partial charge on any atom is -0.354 e. The zero-order valence-corrected chi connectivity index (χ0v) is 10.8. The molecule has 4 nitrogen and oxygen atoms in total. The van der Waals surface area contributed by atoms with Crippen LogP contribution in [-0.2, 0) is 4.79 Å². The molecule has 1 fully saturated rings. The molecule has 1 amide bonds. The molecule has 0 aliphatic carbocycles. The monoisotopic (exact) mass is 227 g/mol. The van der Waals surface area contributed by atoms with E-state index in [1.54, 1.807) is 6.92 Å². The Hall–Kier alpha value is -0.610. The molecule has 1 heterocycles. The van der Waals surface area contributed by atoms with E-state index in [1.165, 1.54) is 0 Å². The molecule has 1 saturated heterocycles. The first kappa shape index (κ1) is 13.5. The van der Waals surface area contributed by atoms with Gasteiger partial charge in [0.2, 0.25) is 5.91 Å². The van der Waals surface area contributed by atoms with Crippen molar-refractivity contribution >= 4 is 5.91 Å². The van der Waals surface area contributed by atoms with Gasteiger partial charge in [-0.25, -0.2) is 0 Å². The second-order valence-corrected chi connectivity index (χ2v) is 4.93. The van der Waals surface area contributed by atoms with Crippen LogP contribution in [-0.4, -0.2) is 49.1 Å². The lowest BCUT2D eigenvalue weighted by molar-refractivity contribution is -0.119. The molecule has 0 aromatic carbocycles. The average molecular weight is 227 g/mol. The van der Waals surface area contributed by atoms with E-state index in [0.29, 0.717) is 12.1 Å². The molecule has 0 spiro atoms. The van der Waals surface area contributed by atoms with Crippen LogP contribution in [0, 0.1) is 0 Å². The van der Waals surface area contributed by atoms with Crippen LogP contribution < -0.4 is 10.6 Å². The first-order chi connectivity index (χ1) is 7.58. The molecule has 0 aromatic rings. The second kappa shape index (κ2) is 6.86. The Morgan fingerprint density at radius 1 is 1.38 bits per heavy atom. The van der Waals surface area contributed by atoms with Gasteiger partial charge in [-0.05, 0) is 12.8 Å². The number of likely N-dealkylation sites (tertiary alicyclic amines) is 1. The van der Waals surface area contributed by atoms with Crippen molar-refractivity contribution in [3.05, 3.63) is 0 Å². The summed E-state index contributed by atoms with van der Waals surface area (Å²) in [5.74, 6) is 0.0972. The molecular weight excluding hydrogens is 202 g/mol. The van der Waals surface area contributed by atoms with Gasteiger partial charge in [0.05, 0.1) is 0 Å². The molecule has 94 valence electrons. The first-order valence-corrected chi connectivity index (χ1v) is 6.30. The van der Waals surface area contributed by atoms with E-state index in [1.807, 2.05) is 0 Å². The fraction of sp³-hybridized carbons (Fsp3) is 0.917. The fourth-order valence-corrected chi connectivity index (χ4v) is 2.10. The Bertz CT molecular complexity index is 210. The highest BCUT2D eigenvalue weighted by molar-refractivity contribution is 5.73. The van der Waals surface area contributed by atoms with E-state index >= 15 is 0 Å². The summed E-state index contributed by atoms with van der Waals surface area (Å²) in [6, 6.07) is 0.962. The zero-order valence-electron chi connectivity index (χ0n) is 10.8. The van der Waals surface area contributed by atoms with Crippen molar-refractivity contribution in [2.45, 2.75) is 45.7 Å². The van der Waals surface area contributed by atoms with Crippen molar-refractivity contribution in [2.24, 2.45) is 0 Å². The number of nitrogens with one attached hydrogen (secondary N) is 2. The Kier molecular flexibility index (Phi) is 5.77. The van der Waals surface area contributed by atoms with Crippen LogP contribution in [0.4, 0.5) is 0 Å². The largest absolute Gasteiger partial charge is 0.354 e. The Labute approximate surface area is 98.8 Å². The van der Waals surface area contributed by atoms with Crippen molar-refractivity contribution in [1.29, 1.82) is 0 Å². The van der Waals surface area contributed by atoms with Gasteiger partial charge in [0.25, 0.3) is 0 Å². The fourth-order valence-electron chi connectivity index (χ4n) is 2.10. The summed E-state index contributed by atoms with van der Waals surface area (Å²) in [7, 11) is 0. The quantitative estimate of drug-likeness (QED) is 0.722. The summed E-state index contributed by atoms with van der Waals surface area (Å²) in [6.45, 7) is 10.3. The van der Waals surface area contributed by atoms with Gasteiger partial charge in [0, 0.05) is 45.2 Å². The van der Waals surface area contributed by atoms with E-state index in [0.717, 1.165) is 39.0 Å². The molecule has 0 bridgehead atoms. The normalized spacial score (nSPS) is 19.0. The van der Waals surface area contributed by atoms with Gasteiger partial charge < -0.3 is 15.5 Å². The van der Waals surface area contributed by atoms with Crippen LogP contribution >= 0.6 is 0 Å². The smallest absolute Gasteiger partial charge is 0.217 e. The highest BCUT2D eigenvalue weighted by atomic mass is 16.1. The third-order valence-corrected chi connectivity index (χ3v) is 2.98. The Morgan fingerprint density at radius 2 is 2.00 bits per heavy atom. The Balaban J connectivity index is 2.10. The molecule has 1 aliphatic heterocycles. The summed E-state index contributed by atoms with van der Waals surface area (Å²) in [4.78, 5) is 13.4. The highest BCUT2D eigenvalue weighted by Crippen LogP contribution is 2.09. The van der Waals surface area contributed by atoms with Crippen molar-refractivity contribution in [3.8, 4) is 0 Å². The summed E-state index contributed by atoms with van der Waals surface area (Å²) in [5, 5.41) is 6.42. The number of piperidine rings is 1. The van der Waals surface area contributed by atoms with Crippen LogP contribution in [0.2, 0.25) is 0 Å². The third-order valence-electron chi connectivity index (χ3n) is 2.98. The zero-order chi connectivity index (χ0) is 12.0. The molecular formula is C12H25N3O. The van der Waals surface area contributed by atoms with Crippen LogP contribution in [0.25, 0.3) is 0 Å². The number of carbonyl (C=O) groups is 1. The second-order valence-electron chi connectivity index (χ2n) is 4.93. The molecule has 16 heavy (non-hydrogen) atoms. The van der Waals surface area contributed by atoms with Gasteiger partial charge in [-0.3, -0.25) is 4.79 Å². The molecule has 1 aliphatic rings. The van der Waals surface area contributed by atoms with Gasteiger partial charge in [-0.15, -0.1) is 0 Å². The number of carbonyl (C=O) groups excluding carboxylic acids is 1. The average Bonchev–Trinajstić information content (AvgIpc) is 2.19. The maximum atomic E-state index is 10.9. The predicted octanol–water partition coefficient (Wildman–Crippen LogP) is 0.585. The van der Waals surface area contributed by atoms with Crippen molar-refractivity contribution in [1.82, 2.24) is 15.5 Å². The Morgan fingerprint density at radius 3 is 2.50 bits per heavy atom. The number of nitrogens with zero attached hydrogens (tertiary/aromatic N) is 1. The molecule has 0 aromatic heterocycles. The van der Waals surface area contributed by atoms with Crippen LogP contribution in [0.15, 0.2) is 0 Å². The van der Waals surface area contributed by atoms with E-state index in [2.05, 4.69) is 29.4 Å². The molecule has 0 saturated carbocycles. The maximum Gasteiger partial charge on any atom is 0.217 e. The van der Waals surface area contributed by atoms with Crippen molar-refractivity contribution < 1.29 is 4.79 Å². The van der Waals surface area contributed by atoms with E-state index in [-0.39, 0.29) is 5.91 Å². The molecule has 1 rings (SSSR count). The number of hydrogen-bond donors (Lipinski definition) is 2. The van der Waals surface area contributed by atoms with Crippen molar-refractivity contribution in [2.75, 3.05) is 26.2 Å². The molecule has 2 N–H and O–H groups in total. The summed E-state index contributed by atoms with van der Waals surface area (Å²) >= 11 is 0. The number of amides is 1. The molecule has 0 unspecified atom stereocenters. The summed E-state index contributed by atoms with van der Waals surface area (Å²) < 4.78 is 0. The van der Waals surface area contributed by atoms with Gasteiger partial charge >= 0.3 is 0 Å². The number of rotatable bonds is 5. The van der Waals surface area contributed by atoms with Crippen LogP contribution in [0.5, 0.6) is 0 Å². The van der Waals surface area contributed by atoms with Crippen LogP contribution in [0.3, 0.4) is 0 Å².